The van der Waals surface area contributed by atoms with Crippen LogP contribution in [-0.4, -0.2) is 68.1 Å². The van der Waals surface area contributed by atoms with Crippen LogP contribution in [0.3, 0.4) is 0 Å². The van der Waals surface area contributed by atoms with E-state index in [9.17, 15) is 14.4 Å². The van der Waals surface area contributed by atoms with E-state index in [1.165, 1.54) is 7.11 Å². The third-order valence-corrected chi connectivity index (χ3v) is 6.19. The molecule has 31 heavy (non-hydrogen) atoms. The summed E-state index contributed by atoms with van der Waals surface area (Å²) < 4.78 is 10.8. The number of likely N-dealkylation sites (tertiary alicyclic amines) is 1. The van der Waals surface area contributed by atoms with Crippen molar-refractivity contribution in [2.75, 3.05) is 38.2 Å². The molecule has 0 saturated carbocycles. The smallest absolute Gasteiger partial charge is 0.308 e. The van der Waals surface area contributed by atoms with E-state index in [4.69, 9.17) is 9.47 Å². The Morgan fingerprint density at radius 3 is 2.48 bits per heavy atom. The highest BCUT2D eigenvalue weighted by atomic mass is 16.5. The number of amides is 2. The fourth-order valence-corrected chi connectivity index (χ4v) is 4.17. The Bertz CT molecular complexity index is 787. The van der Waals surface area contributed by atoms with Gasteiger partial charge in [-0.05, 0) is 37.8 Å². The molecule has 1 atom stereocenters. The van der Waals surface area contributed by atoms with Crippen molar-refractivity contribution in [3.05, 3.63) is 24.3 Å². The van der Waals surface area contributed by atoms with Gasteiger partial charge in [0.2, 0.25) is 5.91 Å². The number of esters is 1. The van der Waals surface area contributed by atoms with Crippen LogP contribution in [0.1, 0.15) is 39.5 Å². The SMILES string of the molecule is CCC(CC)NC(=O)C1CN(CC(=O)N2CCC(C(=O)OC)CC2)c2ccccc2O1. The molecule has 170 valence electrons. The topological polar surface area (TPSA) is 88.2 Å². The molecule has 2 aliphatic rings. The zero-order valence-corrected chi connectivity index (χ0v) is 18.6. The zero-order valence-electron chi connectivity index (χ0n) is 18.6. The predicted octanol–water partition coefficient (Wildman–Crippen LogP) is 1.97. The summed E-state index contributed by atoms with van der Waals surface area (Å²) in [5.74, 6) is 0.0891. The minimum atomic E-state index is -0.673. The van der Waals surface area contributed by atoms with Crippen molar-refractivity contribution < 1.29 is 23.9 Å². The van der Waals surface area contributed by atoms with Gasteiger partial charge in [0.1, 0.15) is 5.75 Å². The molecular formula is C23H33N3O5. The number of fused-ring (bicyclic) bond motifs is 1. The highest BCUT2D eigenvalue weighted by molar-refractivity contribution is 5.86. The van der Waals surface area contributed by atoms with Gasteiger partial charge in [-0.1, -0.05) is 26.0 Å². The molecule has 0 spiro atoms. The van der Waals surface area contributed by atoms with Crippen LogP contribution in [0.5, 0.6) is 5.75 Å². The predicted molar refractivity (Wildman–Crippen MR) is 117 cm³/mol. The number of piperidine rings is 1. The van der Waals surface area contributed by atoms with Crippen molar-refractivity contribution in [3.63, 3.8) is 0 Å². The van der Waals surface area contributed by atoms with Gasteiger partial charge in [0.25, 0.3) is 5.91 Å². The number of methoxy groups -OCH3 is 1. The van der Waals surface area contributed by atoms with Gasteiger partial charge in [0.05, 0.1) is 31.8 Å². The number of ether oxygens (including phenoxy) is 2. The Morgan fingerprint density at radius 1 is 1.16 bits per heavy atom. The second-order valence-electron chi connectivity index (χ2n) is 8.15. The Balaban J connectivity index is 1.66. The average molecular weight is 432 g/mol. The van der Waals surface area contributed by atoms with Crippen LogP contribution in [0.2, 0.25) is 0 Å². The van der Waals surface area contributed by atoms with E-state index in [0.29, 0.717) is 38.2 Å². The molecule has 1 fully saturated rings. The fourth-order valence-electron chi connectivity index (χ4n) is 4.17. The minimum Gasteiger partial charge on any atom is -0.477 e. The summed E-state index contributed by atoms with van der Waals surface area (Å²) in [6, 6.07) is 7.59. The maximum absolute atomic E-state index is 13.0. The average Bonchev–Trinajstić information content (AvgIpc) is 2.81. The Labute approximate surface area is 183 Å². The molecule has 0 aliphatic carbocycles. The maximum atomic E-state index is 13.0. The van der Waals surface area contributed by atoms with E-state index >= 15 is 0 Å². The first-order valence-electron chi connectivity index (χ1n) is 11.1. The van der Waals surface area contributed by atoms with Gasteiger partial charge in [-0.2, -0.15) is 0 Å². The summed E-state index contributed by atoms with van der Waals surface area (Å²) in [6.45, 7) is 5.62. The minimum absolute atomic E-state index is 0.0147. The van der Waals surface area contributed by atoms with E-state index in [-0.39, 0.29) is 36.3 Å². The highest BCUT2D eigenvalue weighted by Gasteiger charge is 2.34. The summed E-state index contributed by atoms with van der Waals surface area (Å²) >= 11 is 0. The van der Waals surface area contributed by atoms with Crippen LogP contribution in [-0.2, 0) is 19.1 Å². The van der Waals surface area contributed by atoms with Crippen molar-refractivity contribution in [2.24, 2.45) is 5.92 Å². The molecule has 8 heteroatoms. The third-order valence-electron chi connectivity index (χ3n) is 6.19. The first kappa shape index (κ1) is 22.9. The zero-order chi connectivity index (χ0) is 22.4. The number of nitrogens with zero attached hydrogens (tertiary/aromatic N) is 2. The number of benzene rings is 1. The number of hydrogen-bond donors (Lipinski definition) is 1. The van der Waals surface area contributed by atoms with Crippen molar-refractivity contribution in [1.82, 2.24) is 10.2 Å². The second-order valence-corrected chi connectivity index (χ2v) is 8.15. The number of carbonyl (C=O) groups is 3. The van der Waals surface area contributed by atoms with E-state index in [2.05, 4.69) is 5.32 Å². The first-order valence-corrected chi connectivity index (χ1v) is 11.1. The van der Waals surface area contributed by atoms with Gasteiger partial charge >= 0.3 is 5.97 Å². The number of anilines is 1. The fraction of sp³-hybridized carbons (Fsp3) is 0.609. The molecule has 0 aromatic heterocycles. The summed E-state index contributed by atoms with van der Waals surface area (Å²) in [5.41, 5.74) is 0.812. The summed E-state index contributed by atoms with van der Waals surface area (Å²) in [4.78, 5) is 41.2. The normalized spacial score (nSPS) is 18.9. The van der Waals surface area contributed by atoms with E-state index in [0.717, 1.165) is 18.5 Å². The number of carbonyl (C=O) groups excluding carboxylic acids is 3. The molecule has 8 nitrogen and oxygen atoms in total. The highest BCUT2D eigenvalue weighted by Crippen LogP contribution is 2.33. The molecule has 1 unspecified atom stereocenters. The lowest BCUT2D eigenvalue weighted by Gasteiger charge is -2.37. The van der Waals surface area contributed by atoms with Crippen LogP contribution in [0.15, 0.2) is 24.3 Å². The second kappa shape index (κ2) is 10.5. The molecule has 2 heterocycles. The Kier molecular flexibility index (Phi) is 7.76. The van der Waals surface area contributed by atoms with Crippen LogP contribution < -0.4 is 15.0 Å². The van der Waals surface area contributed by atoms with Gasteiger partial charge in [-0.3, -0.25) is 14.4 Å². The molecular weight excluding hydrogens is 398 g/mol. The van der Waals surface area contributed by atoms with Gasteiger partial charge in [0, 0.05) is 19.1 Å². The molecule has 0 radical (unpaired) electrons. The van der Waals surface area contributed by atoms with E-state index in [1.807, 2.05) is 43.0 Å². The lowest BCUT2D eigenvalue weighted by atomic mass is 9.97. The summed E-state index contributed by atoms with van der Waals surface area (Å²) in [5, 5.41) is 3.05. The molecule has 1 saturated heterocycles. The van der Waals surface area contributed by atoms with Crippen LogP contribution in [0.25, 0.3) is 0 Å². The van der Waals surface area contributed by atoms with E-state index in [1.54, 1.807) is 4.90 Å². The summed E-state index contributed by atoms with van der Waals surface area (Å²) in [7, 11) is 1.39. The number of nitrogens with one attached hydrogen (secondary N) is 1. The molecule has 1 aromatic rings. The van der Waals surface area contributed by atoms with Crippen LogP contribution >= 0.6 is 0 Å². The molecule has 3 rings (SSSR count). The molecule has 1 N–H and O–H groups in total. The van der Waals surface area contributed by atoms with Crippen molar-refractivity contribution in [1.29, 1.82) is 0 Å². The molecule has 2 aliphatic heterocycles. The lowest BCUT2D eigenvalue weighted by molar-refractivity contribution is -0.148. The quantitative estimate of drug-likeness (QED) is 0.664. The molecule has 2 amide bonds. The number of hydrogen-bond acceptors (Lipinski definition) is 6. The number of para-hydroxylation sites is 2. The van der Waals surface area contributed by atoms with Gasteiger partial charge in [-0.15, -0.1) is 0 Å². The standard InChI is InChI=1S/C23H33N3O5/c1-4-17(5-2)24-22(28)20-14-26(18-8-6-7-9-19(18)31-20)15-21(27)25-12-10-16(11-13-25)23(29)30-3/h6-9,16-17,20H,4-5,10-15H2,1-3H3,(H,24,28). The van der Waals surface area contributed by atoms with Crippen LogP contribution in [0, 0.1) is 5.92 Å². The monoisotopic (exact) mass is 431 g/mol. The number of rotatable bonds is 7. The van der Waals surface area contributed by atoms with Crippen LogP contribution in [0.4, 0.5) is 5.69 Å². The van der Waals surface area contributed by atoms with Gasteiger partial charge < -0.3 is 24.6 Å². The van der Waals surface area contributed by atoms with Gasteiger partial charge in [-0.25, -0.2) is 0 Å². The molecule has 0 bridgehead atoms. The Morgan fingerprint density at radius 2 is 1.84 bits per heavy atom. The molecule has 1 aromatic carbocycles. The van der Waals surface area contributed by atoms with Gasteiger partial charge in [0.15, 0.2) is 6.10 Å². The van der Waals surface area contributed by atoms with Crippen molar-refractivity contribution in [3.8, 4) is 5.75 Å². The largest absolute Gasteiger partial charge is 0.477 e. The van der Waals surface area contributed by atoms with E-state index < -0.39 is 6.10 Å². The van der Waals surface area contributed by atoms with Crippen molar-refractivity contribution in [2.45, 2.75) is 51.7 Å². The maximum Gasteiger partial charge on any atom is 0.308 e. The summed E-state index contributed by atoms with van der Waals surface area (Å²) in [6.07, 6.45) is 2.26. The third kappa shape index (κ3) is 5.48. The first-order chi connectivity index (χ1) is 15.0. The van der Waals surface area contributed by atoms with Crippen molar-refractivity contribution >= 4 is 23.5 Å². The Hall–Kier alpha value is -2.77. The lowest BCUT2D eigenvalue weighted by Crippen LogP contribution is -2.53.